The van der Waals surface area contributed by atoms with Crippen LogP contribution in [0.5, 0.6) is 0 Å². The van der Waals surface area contributed by atoms with E-state index in [1.807, 2.05) is 6.08 Å². The monoisotopic (exact) mass is 685 g/mol. The highest BCUT2D eigenvalue weighted by Crippen LogP contribution is 2.43. The first-order valence-corrected chi connectivity index (χ1v) is 20.6. The largest absolute Gasteiger partial charge is 0.472 e. The van der Waals surface area contributed by atoms with Gasteiger partial charge in [-0.3, -0.25) is 13.8 Å². The zero-order valence-electron chi connectivity index (χ0n) is 30.3. The van der Waals surface area contributed by atoms with Crippen LogP contribution in [0.4, 0.5) is 0 Å². The van der Waals surface area contributed by atoms with E-state index in [4.69, 9.17) is 14.8 Å². The quantitative estimate of drug-likeness (QED) is 0.0297. The first-order valence-electron chi connectivity index (χ1n) is 19.1. The molecule has 9 heteroatoms. The van der Waals surface area contributed by atoms with Gasteiger partial charge in [-0.25, -0.2) is 4.57 Å². The van der Waals surface area contributed by atoms with Crippen molar-refractivity contribution < 1.29 is 28.4 Å². The number of phosphoric ester groups is 1. The number of aliphatic hydroxyl groups excluding tert-OH is 1. The summed E-state index contributed by atoms with van der Waals surface area (Å²) in [7, 11) is -4.34. The number of hydrogen-bond donors (Lipinski definition) is 4. The van der Waals surface area contributed by atoms with Gasteiger partial charge < -0.3 is 21.1 Å². The van der Waals surface area contributed by atoms with Gasteiger partial charge in [0.15, 0.2) is 0 Å². The molecule has 0 saturated heterocycles. The van der Waals surface area contributed by atoms with Gasteiger partial charge in [0, 0.05) is 13.0 Å². The van der Waals surface area contributed by atoms with E-state index in [0.29, 0.717) is 6.42 Å². The van der Waals surface area contributed by atoms with E-state index >= 15 is 0 Å². The molecule has 0 radical (unpaired) electrons. The summed E-state index contributed by atoms with van der Waals surface area (Å²) >= 11 is 0. The summed E-state index contributed by atoms with van der Waals surface area (Å²) in [6.45, 7) is 4.07. The number of nitrogens with one attached hydrogen (secondary N) is 1. The number of allylic oxidation sites excluding steroid dienone is 5. The van der Waals surface area contributed by atoms with Gasteiger partial charge in [0.05, 0.1) is 25.4 Å². The maximum atomic E-state index is 12.7. The molecule has 8 nitrogen and oxygen atoms in total. The second-order valence-corrected chi connectivity index (χ2v) is 14.2. The van der Waals surface area contributed by atoms with Crippen LogP contribution in [0.2, 0.25) is 0 Å². The number of phosphoric acid groups is 1. The highest BCUT2D eigenvalue weighted by atomic mass is 31.2. The van der Waals surface area contributed by atoms with Crippen molar-refractivity contribution in [3.05, 3.63) is 36.5 Å². The minimum atomic E-state index is -4.34. The SMILES string of the molecule is CCCCCCCC/C=C/CC/C=C/C(O)C(COP(=O)(O)OCCN)NC(=O)CCCCCCC/C=C\CCCCCCCCC. The Morgan fingerprint density at radius 2 is 1.13 bits per heavy atom. The Hall–Kier alpha value is -1.28. The van der Waals surface area contributed by atoms with Crippen LogP contribution >= 0.6 is 7.82 Å². The second-order valence-electron chi connectivity index (χ2n) is 12.8. The van der Waals surface area contributed by atoms with E-state index in [0.717, 1.165) is 51.4 Å². The Morgan fingerprint density at radius 3 is 1.64 bits per heavy atom. The number of nitrogens with two attached hydrogens (primary N) is 1. The lowest BCUT2D eigenvalue weighted by Gasteiger charge is -2.23. The minimum Gasteiger partial charge on any atom is -0.387 e. The fourth-order valence-corrected chi connectivity index (χ4v) is 6.02. The molecule has 0 aliphatic heterocycles. The minimum absolute atomic E-state index is 0.0723. The Labute approximate surface area is 289 Å². The Bertz CT molecular complexity index is 835. The molecule has 0 saturated carbocycles. The van der Waals surface area contributed by atoms with E-state index < -0.39 is 20.0 Å². The van der Waals surface area contributed by atoms with E-state index in [-0.39, 0.29) is 25.7 Å². The molecule has 0 aliphatic rings. The second kappa shape index (κ2) is 34.6. The van der Waals surface area contributed by atoms with E-state index in [1.54, 1.807) is 6.08 Å². The number of amides is 1. The van der Waals surface area contributed by atoms with Gasteiger partial charge in [-0.15, -0.1) is 0 Å². The maximum Gasteiger partial charge on any atom is 0.472 e. The number of rotatable bonds is 35. The molecule has 0 aliphatic carbocycles. The predicted molar refractivity (Wildman–Crippen MR) is 198 cm³/mol. The van der Waals surface area contributed by atoms with Crippen LogP contribution in [0.25, 0.3) is 0 Å². The molecular weight excluding hydrogens is 611 g/mol. The number of unbranched alkanes of at least 4 members (excludes halogenated alkanes) is 19. The molecule has 276 valence electrons. The fourth-order valence-electron chi connectivity index (χ4n) is 5.26. The van der Waals surface area contributed by atoms with Crippen LogP contribution in [0, 0.1) is 0 Å². The summed E-state index contributed by atoms with van der Waals surface area (Å²) in [5, 5.41) is 13.6. The highest BCUT2D eigenvalue weighted by Gasteiger charge is 2.26. The molecule has 5 N–H and O–H groups in total. The summed E-state index contributed by atoms with van der Waals surface area (Å²) < 4.78 is 22.0. The topological polar surface area (TPSA) is 131 Å². The number of carbonyl (C=O) groups is 1. The Balaban J connectivity index is 4.35. The van der Waals surface area contributed by atoms with Crippen LogP contribution in [-0.4, -0.2) is 47.8 Å². The summed E-state index contributed by atoms with van der Waals surface area (Å²) in [5.74, 6) is -0.215. The van der Waals surface area contributed by atoms with Gasteiger partial charge in [-0.2, -0.15) is 0 Å². The first kappa shape index (κ1) is 45.7. The molecule has 3 unspecified atom stereocenters. The van der Waals surface area contributed by atoms with Crippen LogP contribution in [-0.2, 0) is 18.4 Å². The summed E-state index contributed by atoms with van der Waals surface area (Å²) in [6, 6.07) is -0.878. The maximum absolute atomic E-state index is 12.7. The molecule has 0 aromatic carbocycles. The Kier molecular flexibility index (Phi) is 33.6. The third kappa shape index (κ3) is 33.0. The lowest BCUT2D eigenvalue weighted by atomic mass is 10.1. The molecule has 0 spiro atoms. The van der Waals surface area contributed by atoms with Crippen molar-refractivity contribution in [1.29, 1.82) is 0 Å². The molecule has 0 aromatic rings. The van der Waals surface area contributed by atoms with Gasteiger partial charge in [0.1, 0.15) is 0 Å². The van der Waals surface area contributed by atoms with Crippen molar-refractivity contribution in [2.45, 2.75) is 180 Å². The molecular formula is C38H73N2O6P. The van der Waals surface area contributed by atoms with Crippen molar-refractivity contribution in [3.63, 3.8) is 0 Å². The van der Waals surface area contributed by atoms with Gasteiger partial charge in [0.25, 0.3) is 0 Å². The molecule has 0 heterocycles. The smallest absolute Gasteiger partial charge is 0.387 e. The summed E-state index contributed by atoms with van der Waals surface area (Å²) in [6.07, 6.45) is 39.0. The van der Waals surface area contributed by atoms with E-state index in [9.17, 15) is 19.4 Å². The zero-order chi connectivity index (χ0) is 34.7. The standard InChI is InChI=1S/C38H73N2O6P/c1-3-5-7-9-11-13-15-17-18-19-20-22-24-26-28-30-32-38(42)40-36(35-46-47(43,44)45-34-33-39)37(41)31-29-27-25-23-21-16-14-12-10-8-6-4-2/h18-19,21,23,29,31,36-37,41H,3-17,20,22,24-28,30,32-35,39H2,1-2H3,(H,40,42)(H,43,44)/b19-18-,23-21+,31-29+. The molecule has 3 atom stereocenters. The third-order valence-electron chi connectivity index (χ3n) is 8.19. The van der Waals surface area contributed by atoms with E-state index in [2.05, 4.69) is 43.5 Å². The average molecular weight is 685 g/mol. The molecule has 0 fully saturated rings. The number of carbonyl (C=O) groups excluding carboxylic acids is 1. The van der Waals surface area contributed by atoms with Crippen LogP contribution < -0.4 is 11.1 Å². The first-order chi connectivity index (χ1) is 22.9. The van der Waals surface area contributed by atoms with E-state index in [1.165, 1.54) is 96.3 Å². The van der Waals surface area contributed by atoms with Gasteiger partial charge in [0.2, 0.25) is 5.91 Å². The lowest BCUT2D eigenvalue weighted by Crippen LogP contribution is -2.45. The van der Waals surface area contributed by atoms with Crippen molar-refractivity contribution in [2.24, 2.45) is 5.73 Å². The molecule has 47 heavy (non-hydrogen) atoms. The fraction of sp³-hybridized carbons (Fsp3) is 0.816. The molecule has 0 bridgehead atoms. The van der Waals surface area contributed by atoms with Gasteiger partial charge in [-0.1, -0.05) is 140 Å². The van der Waals surface area contributed by atoms with Crippen molar-refractivity contribution >= 4 is 13.7 Å². The van der Waals surface area contributed by atoms with Gasteiger partial charge >= 0.3 is 7.82 Å². The number of aliphatic hydroxyl groups is 1. The average Bonchev–Trinajstić information content (AvgIpc) is 3.05. The third-order valence-corrected chi connectivity index (χ3v) is 9.17. The molecule has 0 rings (SSSR count). The van der Waals surface area contributed by atoms with Crippen molar-refractivity contribution in [2.75, 3.05) is 19.8 Å². The molecule has 1 amide bonds. The lowest BCUT2D eigenvalue weighted by molar-refractivity contribution is -0.123. The number of hydrogen-bond acceptors (Lipinski definition) is 6. The van der Waals surface area contributed by atoms with Gasteiger partial charge in [-0.05, 0) is 57.8 Å². The predicted octanol–water partition coefficient (Wildman–Crippen LogP) is 10.00. The van der Waals surface area contributed by atoms with Crippen LogP contribution in [0.15, 0.2) is 36.5 Å². The highest BCUT2D eigenvalue weighted by molar-refractivity contribution is 7.47. The normalized spacial score (nSPS) is 14.7. The summed E-state index contributed by atoms with van der Waals surface area (Å²) in [4.78, 5) is 22.6. The van der Waals surface area contributed by atoms with Crippen molar-refractivity contribution in [3.8, 4) is 0 Å². The van der Waals surface area contributed by atoms with Crippen LogP contribution in [0.3, 0.4) is 0 Å². The zero-order valence-corrected chi connectivity index (χ0v) is 31.2. The van der Waals surface area contributed by atoms with Crippen LogP contribution in [0.1, 0.15) is 168 Å². The Morgan fingerprint density at radius 1 is 0.681 bits per heavy atom. The van der Waals surface area contributed by atoms with Crippen molar-refractivity contribution in [1.82, 2.24) is 5.32 Å². The summed E-state index contributed by atoms with van der Waals surface area (Å²) in [5.41, 5.74) is 5.35. The molecule has 0 aromatic heterocycles.